The number of aliphatic imine (C=N–C) groups is 1. The van der Waals surface area contributed by atoms with E-state index in [1.165, 1.54) is 12.1 Å². The predicted molar refractivity (Wildman–Crippen MR) is 122 cm³/mol. The Morgan fingerprint density at radius 2 is 1.87 bits per heavy atom. The molecule has 2 saturated heterocycles. The van der Waals surface area contributed by atoms with E-state index in [0.717, 1.165) is 68.7 Å². The first-order valence-electron chi connectivity index (χ1n) is 11.0. The number of hydrogen-bond donors (Lipinski definition) is 2. The van der Waals surface area contributed by atoms with Crippen LogP contribution in [0.3, 0.4) is 0 Å². The van der Waals surface area contributed by atoms with Crippen molar-refractivity contribution in [3.05, 3.63) is 54.0 Å². The second-order valence-electron chi connectivity index (χ2n) is 8.03. The van der Waals surface area contributed by atoms with Gasteiger partial charge in [0.15, 0.2) is 5.96 Å². The van der Waals surface area contributed by atoms with E-state index in [9.17, 15) is 9.50 Å². The van der Waals surface area contributed by atoms with E-state index in [-0.39, 0.29) is 11.9 Å². The van der Waals surface area contributed by atoms with Crippen LogP contribution in [0, 0.1) is 5.82 Å². The Labute approximate surface area is 183 Å². The van der Waals surface area contributed by atoms with Crippen molar-refractivity contribution in [2.45, 2.75) is 26.0 Å². The Morgan fingerprint density at radius 3 is 2.55 bits per heavy atom. The largest absolute Gasteiger partial charge is 0.391 e. The monoisotopic (exact) mass is 426 g/mol. The fourth-order valence-corrected chi connectivity index (χ4v) is 4.10. The standard InChI is InChI=1S/C23H31FN6O/c1-2-25-23(30-10-8-21(31)17-30)27-16-18-7-9-26-22(15-18)29-13-11-28(12-14-29)20-5-3-19(24)4-6-20/h3-7,9,15,21,31H,2,8,10-14,16-17H2,1H3,(H,25,27)/t21-/m1/s1. The van der Waals surface area contributed by atoms with Crippen molar-refractivity contribution in [1.82, 2.24) is 15.2 Å². The summed E-state index contributed by atoms with van der Waals surface area (Å²) in [7, 11) is 0. The molecule has 4 rings (SSSR count). The molecule has 0 bridgehead atoms. The number of nitrogens with one attached hydrogen (secondary N) is 1. The van der Waals surface area contributed by atoms with Crippen LogP contribution < -0.4 is 15.1 Å². The van der Waals surface area contributed by atoms with Gasteiger partial charge in [0.25, 0.3) is 0 Å². The summed E-state index contributed by atoms with van der Waals surface area (Å²) in [6.07, 6.45) is 2.36. The van der Waals surface area contributed by atoms with Crippen molar-refractivity contribution in [2.24, 2.45) is 4.99 Å². The number of pyridine rings is 1. The fraction of sp³-hybridized carbons (Fsp3) is 0.478. The van der Waals surface area contributed by atoms with E-state index >= 15 is 0 Å². The van der Waals surface area contributed by atoms with E-state index in [2.05, 4.69) is 38.0 Å². The van der Waals surface area contributed by atoms with Gasteiger partial charge in [0.2, 0.25) is 0 Å². The Bertz CT molecular complexity index is 882. The maximum atomic E-state index is 13.2. The van der Waals surface area contributed by atoms with Crippen LogP contribution in [0.2, 0.25) is 0 Å². The molecule has 0 spiro atoms. The number of piperazine rings is 1. The zero-order chi connectivity index (χ0) is 21.6. The van der Waals surface area contributed by atoms with Crippen molar-refractivity contribution in [2.75, 3.05) is 55.6 Å². The van der Waals surface area contributed by atoms with Gasteiger partial charge in [-0.15, -0.1) is 0 Å². The average molecular weight is 427 g/mol. The summed E-state index contributed by atoms with van der Waals surface area (Å²) in [5.74, 6) is 1.61. The molecule has 2 N–H and O–H groups in total. The lowest BCUT2D eigenvalue weighted by atomic mass is 10.2. The minimum atomic E-state index is -0.273. The second kappa shape index (κ2) is 9.96. The maximum absolute atomic E-state index is 13.2. The molecule has 3 heterocycles. The molecule has 1 atom stereocenters. The van der Waals surface area contributed by atoms with Crippen LogP contribution in [0.1, 0.15) is 18.9 Å². The number of anilines is 2. The van der Waals surface area contributed by atoms with Gasteiger partial charge in [-0.2, -0.15) is 0 Å². The van der Waals surface area contributed by atoms with Crippen LogP contribution in [-0.4, -0.2) is 72.9 Å². The molecule has 0 saturated carbocycles. The van der Waals surface area contributed by atoms with E-state index in [4.69, 9.17) is 4.99 Å². The van der Waals surface area contributed by atoms with Gasteiger partial charge in [0.1, 0.15) is 11.6 Å². The smallest absolute Gasteiger partial charge is 0.194 e. The Kier molecular flexibility index (Phi) is 6.86. The lowest BCUT2D eigenvalue weighted by Crippen LogP contribution is -2.46. The van der Waals surface area contributed by atoms with E-state index in [1.54, 1.807) is 0 Å². The van der Waals surface area contributed by atoms with Crippen LogP contribution >= 0.6 is 0 Å². The Morgan fingerprint density at radius 1 is 1.13 bits per heavy atom. The molecule has 0 unspecified atom stereocenters. The SMILES string of the molecule is CCNC(=NCc1ccnc(N2CCN(c3ccc(F)cc3)CC2)c1)N1CC[C@@H](O)C1. The highest BCUT2D eigenvalue weighted by molar-refractivity contribution is 5.80. The van der Waals surface area contributed by atoms with Gasteiger partial charge >= 0.3 is 0 Å². The molecule has 2 fully saturated rings. The maximum Gasteiger partial charge on any atom is 0.194 e. The molecule has 2 aliphatic rings. The second-order valence-corrected chi connectivity index (χ2v) is 8.03. The first-order chi connectivity index (χ1) is 15.1. The number of aromatic nitrogens is 1. The summed E-state index contributed by atoms with van der Waals surface area (Å²) in [5, 5.41) is 13.2. The van der Waals surface area contributed by atoms with E-state index in [1.807, 2.05) is 24.4 Å². The highest BCUT2D eigenvalue weighted by Crippen LogP contribution is 2.20. The average Bonchev–Trinajstić information content (AvgIpc) is 3.23. The normalized spacial score (nSPS) is 19.8. The van der Waals surface area contributed by atoms with Crippen LogP contribution in [0.4, 0.5) is 15.9 Å². The lowest BCUT2D eigenvalue weighted by Gasteiger charge is -2.36. The highest BCUT2D eigenvalue weighted by atomic mass is 19.1. The molecule has 0 radical (unpaired) electrons. The number of guanidine groups is 1. The van der Waals surface area contributed by atoms with Gasteiger partial charge in [0, 0.05) is 57.7 Å². The van der Waals surface area contributed by atoms with Crippen LogP contribution in [-0.2, 0) is 6.54 Å². The molecule has 7 nitrogen and oxygen atoms in total. The predicted octanol–water partition coefficient (Wildman–Crippen LogP) is 2.08. The molecular formula is C23H31FN6O. The number of β-amino-alcohol motifs (C(OH)–C–C–N with tert-alkyl or cyclic N) is 1. The minimum absolute atomic E-state index is 0.204. The summed E-state index contributed by atoms with van der Waals surface area (Å²) >= 11 is 0. The minimum Gasteiger partial charge on any atom is -0.391 e. The molecule has 0 amide bonds. The number of halogens is 1. The van der Waals surface area contributed by atoms with Gasteiger partial charge < -0.3 is 25.1 Å². The van der Waals surface area contributed by atoms with Crippen molar-refractivity contribution in [1.29, 1.82) is 0 Å². The number of aliphatic hydroxyl groups excluding tert-OH is 1. The van der Waals surface area contributed by atoms with Gasteiger partial charge in [0.05, 0.1) is 12.6 Å². The van der Waals surface area contributed by atoms with Crippen molar-refractivity contribution in [3.8, 4) is 0 Å². The van der Waals surface area contributed by atoms with E-state index < -0.39 is 0 Å². The zero-order valence-corrected chi connectivity index (χ0v) is 18.0. The molecule has 1 aromatic carbocycles. The topological polar surface area (TPSA) is 67.2 Å². The summed E-state index contributed by atoms with van der Waals surface area (Å²) < 4.78 is 13.2. The number of aliphatic hydroxyl groups is 1. The molecule has 0 aliphatic carbocycles. The van der Waals surface area contributed by atoms with Crippen LogP contribution in [0.25, 0.3) is 0 Å². The van der Waals surface area contributed by atoms with Crippen molar-refractivity contribution < 1.29 is 9.50 Å². The summed E-state index contributed by atoms with van der Waals surface area (Å²) in [5.41, 5.74) is 2.17. The first kappa shape index (κ1) is 21.4. The zero-order valence-electron chi connectivity index (χ0n) is 18.0. The van der Waals surface area contributed by atoms with Gasteiger partial charge in [-0.05, 0) is 55.3 Å². The molecule has 2 aromatic rings. The highest BCUT2D eigenvalue weighted by Gasteiger charge is 2.23. The summed E-state index contributed by atoms with van der Waals surface area (Å²) in [6, 6.07) is 10.8. The number of nitrogens with zero attached hydrogens (tertiary/aromatic N) is 5. The Balaban J connectivity index is 1.37. The summed E-state index contributed by atoms with van der Waals surface area (Å²) in [6.45, 7) is 8.36. The van der Waals surface area contributed by atoms with Gasteiger partial charge in [-0.1, -0.05) is 0 Å². The third kappa shape index (κ3) is 5.44. The van der Waals surface area contributed by atoms with Crippen molar-refractivity contribution >= 4 is 17.5 Å². The van der Waals surface area contributed by atoms with Crippen LogP contribution in [0.15, 0.2) is 47.6 Å². The lowest BCUT2D eigenvalue weighted by molar-refractivity contribution is 0.188. The third-order valence-corrected chi connectivity index (χ3v) is 5.81. The Hall–Kier alpha value is -2.87. The van der Waals surface area contributed by atoms with Crippen LogP contribution in [0.5, 0.6) is 0 Å². The van der Waals surface area contributed by atoms with Gasteiger partial charge in [-0.25, -0.2) is 14.4 Å². The molecular weight excluding hydrogens is 395 g/mol. The molecule has 1 aromatic heterocycles. The molecule has 8 heteroatoms. The molecule has 2 aliphatic heterocycles. The number of rotatable bonds is 5. The molecule has 31 heavy (non-hydrogen) atoms. The third-order valence-electron chi connectivity index (χ3n) is 5.81. The summed E-state index contributed by atoms with van der Waals surface area (Å²) in [4.78, 5) is 16.0. The number of likely N-dealkylation sites (tertiary alicyclic amines) is 1. The fourth-order valence-electron chi connectivity index (χ4n) is 4.10. The number of benzene rings is 1. The number of hydrogen-bond acceptors (Lipinski definition) is 5. The first-order valence-corrected chi connectivity index (χ1v) is 11.0. The molecule has 166 valence electrons. The van der Waals surface area contributed by atoms with Gasteiger partial charge in [-0.3, -0.25) is 0 Å². The van der Waals surface area contributed by atoms with E-state index in [0.29, 0.717) is 13.1 Å². The van der Waals surface area contributed by atoms with Crippen molar-refractivity contribution in [3.63, 3.8) is 0 Å². The quantitative estimate of drug-likeness (QED) is 0.564.